The maximum absolute atomic E-state index is 12.5. The molecule has 1 N–H and O–H groups in total. The van der Waals surface area contributed by atoms with Crippen LogP contribution in [0, 0.1) is 12.8 Å². The van der Waals surface area contributed by atoms with Crippen LogP contribution in [0.5, 0.6) is 5.75 Å². The Kier molecular flexibility index (Phi) is 4.69. The summed E-state index contributed by atoms with van der Waals surface area (Å²) in [7, 11) is 1.90. The zero-order valence-corrected chi connectivity index (χ0v) is 12.7. The van der Waals surface area contributed by atoms with Crippen molar-refractivity contribution in [2.75, 3.05) is 7.05 Å². The van der Waals surface area contributed by atoms with Crippen LogP contribution in [0.3, 0.4) is 0 Å². The average Bonchev–Trinajstić information content (AvgIpc) is 2.48. The summed E-state index contributed by atoms with van der Waals surface area (Å²) in [5.41, 5.74) is 1.42. The molecule has 0 bridgehead atoms. The second-order valence-corrected chi connectivity index (χ2v) is 6.00. The van der Waals surface area contributed by atoms with E-state index in [9.17, 15) is 9.90 Å². The van der Waals surface area contributed by atoms with Crippen LogP contribution in [0.15, 0.2) is 18.2 Å². The molecular formula is C17H25NO2. The number of amides is 1. The van der Waals surface area contributed by atoms with E-state index in [1.807, 2.05) is 18.9 Å². The van der Waals surface area contributed by atoms with Gasteiger partial charge in [0.15, 0.2) is 0 Å². The Morgan fingerprint density at radius 2 is 1.95 bits per heavy atom. The molecule has 20 heavy (non-hydrogen) atoms. The molecule has 3 nitrogen and oxygen atoms in total. The van der Waals surface area contributed by atoms with E-state index >= 15 is 0 Å². The Hall–Kier alpha value is -1.51. The van der Waals surface area contributed by atoms with Gasteiger partial charge in [0, 0.05) is 18.7 Å². The van der Waals surface area contributed by atoms with Gasteiger partial charge in [-0.05, 0) is 62.3 Å². The molecule has 2 rings (SSSR count). The molecule has 1 aromatic rings. The Labute approximate surface area is 121 Å². The highest BCUT2D eigenvalue weighted by Crippen LogP contribution is 2.29. The molecule has 3 heteroatoms. The van der Waals surface area contributed by atoms with Crippen LogP contribution in [0.4, 0.5) is 0 Å². The number of phenols is 1. The lowest BCUT2D eigenvalue weighted by Gasteiger charge is -2.34. The summed E-state index contributed by atoms with van der Waals surface area (Å²) in [6.07, 6.45) is 5.93. The molecule has 1 amide bonds. The Balaban J connectivity index is 2.03. The minimum atomic E-state index is 0.0630. The minimum Gasteiger partial charge on any atom is -0.508 e. The van der Waals surface area contributed by atoms with Gasteiger partial charge in [-0.25, -0.2) is 0 Å². The van der Waals surface area contributed by atoms with E-state index in [2.05, 4.69) is 6.92 Å². The normalized spacial score (nSPS) is 22.6. The zero-order valence-electron chi connectivity index (χ0n) is 12.7. The largest absolute Gasteiger partial charge is 0.508 e. The number of carbonyl (C=O) groups excluding carboxylic acids is 1. The summed E-state index contributed by atoms with van der Waals surface area (Å²) in [6, 6.07) is 5.44. The van der Waals surface area contributed by atoms with Gasteiger partial charge in [0.1, 0.15) is 5.75 Å². The van der Waals surface area contributed by atoms with Gasteiger partial charge in [0.05, 0.1) is 0 Å². The van der Waals surface area contributed by atoms with E-state index in [1.54, 1.807) is 18.2 Å². The van der Waals surface area contributed by atoms with Crippen LogP contribution < -0.4 is 0 Å². The van der Waals surface area contributed by atoms with Gasteiger partial charge in [-0.15, -0.1) is 0 Å². The van der Waals surface area contributed by atoms with E-state index in [0.717, 1.165) is 24.3 Å². The first-order chi connectivity index (χ1) is 9.52. The van der Waals surface area contributed by atoms with Gasteiger partial charge in [-0.1, -0.05) is 13.3 Å². The fourth-order valence-corrected chi connectivity index (χ4v) is 3.10. The molecule has 0 unspecified atom stereocenters. The summed E-state index contributed by atoms with van der Waals surface area (Å²) in [5, 5.41) is 9.54. The van der Waals surface area contributed by atoms with Crippen molar-refractivity contribution in [2.45, 2.75) is 52.0 Å². The van der Waals surface area contributed by atoms with Crippen LogP contribution in [0.25, 0.3) is 0 Å². The van der Waals surface area contributed by atoms with Crippen LogP contribution in [0.2, 0.25) is 0 Å². The highest BCUT2D eigenvalue weighted by Gasteiger charge is 2.26. The topological polar surface area (TPSA) is 40.5 Å². The van der Waals surface area contributed by atoms with Gasteiger partial charge < -0.3 is 10.0 Å². The summed E-state index contributed by atoms with van der Waals surface area (Å²) in [5.74, 6) is 1.14. The molecule has 0 spiro atoms. The van der Waals surface area contributed by atoms with E-state index in [1.165, 1.54) is 19.3 Å². The van der Waals surface area contributed by atoms with Crippen molar-refractivity contribution in [3.8, 4) is 5.75 Å². The number of rotatable bonds is 3. The summed E-state index contributed by atoms with van der Waals surface area (Å²) in [6.45, 7) is 4.07. The Bertz CT molecular complexity index is 476. The fourth-order valence-electron chi connectivity index (χ4n) is 3.10. The summed E-state index contributed by atoms with van der Waals surface area (Å²) >= 11 is 0. The molecule has 1 saturated carbocycles. The molecule has 1 aliphatic rings. The summed E-state index contributed by atoms with van der Waals surface area (Å²) < 4.78 is 0. The molecule has 0 saturated heterocycles. The van der Waals surface area contributed by atoms with Crippen molar-refractivity contribution in [3.05, 3.63) is 29.3 Å². The number of nitrogens with zero attached hydrogens (tertiary/aromatic N) is 1. The van der Waals surface area contributed by atoms with E-state index in [0.29, 0.717) is 11.6 Å². The van der Waals surface area contributed by atoms with Crippen LogP contribution >= 0.6 is 0 Å². The third-order valence-corrected chi connectivity index (χ3v) is 4.71. The minimum absolute atomic E-state index is 0.0630. The van der Waals surface area contributed by atoms with Gasteiger partial charge >= 0.3 is 0 Å². The van der Waals surface area contributed by atoms with E-state index in [4.69, 9.17) is 0 Å². The standard InChI is InChI=1S/C17H25NO2/c1-4-13-5-8-15(9-6-13)18(3)17(20)14-7-10-16(19)12(2)11-14/h7,10-11,13,15,19H,4-6,8-9H2,1-3H3. The summed E-state index contributed by atoms with van der Waals surface area (Å²) in [4.78, 5) is 14.4. The van der Waals surface area contributed by atoms with Crippen molar-refractivity contribution in [1.29, 1.82) is 0 Å². The molecular weight excluding hydrogens is 250 g/mol. The molecule has 0 aliphatic heterocycles. The van der Waals surface area contributed by atoms with Gasteiger partial charge in [-0.3, -0.25) is 4.79 Å². The van der Waals surface area contributed by atoms with Crippen LogP contribution in [0.1, 0.15) is 54.9 Å². The fraction of sp³-hybridized carbons (Fsp3) is 0.588. The van der Waals surface area contributed by atoms with E-state index < -0.39 is 0 Å². The highest BCUT2D eigenvalue weighted by atomic mass is 16.3. The predicted octanol–water partition coefficient (Wildman–Crippen LogP) is 3.74. The SMILES string of the molecule is CCC1CCC(N(C)C(=O)c2ccc(O)c(C)c2)CC1. The quantitative estimate of drug-likeness (QED) is 0.913. The lowest BCUT2D eigenvalue weighted by molar-refractivity contribution is 0.0674. The molecule has 0 atom stereocenters. The Morgan fingerprint density at radius 1 is 1.30 bits per heavy atom. The first kappa shape index (κ1) is 14.9. The maximum Gasteiger partial charge on any atom is 0.253 e. The maximum atomic E-state index is 12.5. The van der Waals surface area contributed by atoms with Crippen molar-refractivity contribution in [3.63, 3.8) is 0 Å². The molecule has 0 radical (unpaired) electrons. The number of carbonyl (C=O) groups is 1. The molecule has 0 aromatic heterocycles. The average molecular weight is 275 g/mol. The smallest absolute Gasteiger partial charge is 0.253 e. The number of hydrogen-bond donors (Lipinski definition) is 1. The second-order valence-electron chi connectivity index (χ2n) is 6.00. The first-order valence-electron chi connectivity index (χ1n) is 7.59. The van der Waals surface area contributed by atoms with Crippen LogP contribution in [-0.4, -0.2) is 29.0 Å². The number of phenolic OH excluding ortho intramolecular Hbond substituents is 1. The van der Waals surface area contributed by atoms with Crippen LogP contribution in [-0.2, 0) is 0 Å². The van der Waals surface area contributed by atoms with Crippen molar-refractivity contribution in [2.24, 2.45) is 5.92 Å². The number of aryl methyl sites for hydroxylation is 1. The lowest BCUT2D eigenvalue weighted by Crippen LogP contribution is -2.39. The molecule has 0 heterocycles. The van der Waals surface area contributed by atoms with Gasteiger partial charge in [-0.2, -0.15) is 0 Å². The molecule has 1 aromatic carbocycles. The highest BCUT2D eigenvalue weighted by molar-refractivity contribution is 5.94. The molecule has 110 valence electrons. The lowest BCUT2D eigenvalue weighted by atomic mass is 9.84. The number of benzene rings is 1. The monoisotopic (exact) mass is 275 g/mol. The second kappa shape index (κ2) is 6.29. The number of aromatic hydroxyl groups is 1. The zero-order chi connectivity index (χ0) is 14.7. The molecule has 1 aliphatic carbocycles. The third-order valence-electron chi connectivity index (χ3n) is 4.71. The number of hydrogen-bond acceptors (Lipinski definition) is 2. The molecule has 1 fully saturated rings. The van der Waals surface area contributed by atoms with E-state index in [-0.39, 0.29) is 11.7 Å². The third kappa shape index (κ3) is 3.14. The van der Waals surface area contributed by atoms with Gasteiger partial charge in [0.2, 0.25) is 0 Å². The predicted molar refractivity (Wildman–Crippen MR) is 81.0 cm³/mol. The van der Waals surface area contributed by atoms with Crippen molar-refractivity contribution >= 4 is 5.91 Å². The van der Waals surface area contributed by atoms with Crippen molar-refractivity contribution < 1.29 is 9.90 Å². The Morgan fingerprint density at radius 3 is 2.50 bits per heavy atom. The van der Waals surface area contributed by atoms with Crippen molar-refractivity contribution in [1.82, 2.24) is 4.90 Å². The van der Waals surface area contributed by atoms with Gasteiger partial charge in [0.25, 0.3) is 5.91 Å². The first-order valence-corrected chi connectivity index (χ1v) is 7.59.